The second-order valence-corrected chi connectivity index (χ2v) is 3.79. The van der Waals surface area contributed by atoms with Crippen LogP contribution in [0.5, 0.6) is 0 Å². The average molecular weight is 139 g/mol. The molecule has 1 aliphatic carbocycles. The van der Waals surface area contributed by atoms with Gasteiger partial charge in [-0.15, -0.1) is 0 Å². The van der Waals surface area contributed by atoms with Gasteiger partial charge in [0.05, 0.1) is 0 Å². The van der Waals surface area contributed by atoms with Crippen LogP contribution in [0.4, 0.5) is 0 Å². The van der Waals surface area contributed by atoms with Crippen LogP contribution in [0, 0.1) is 5.92 Å². The van der Waals surface area contributed by atoms with Gasteiger partial charge in [-0.1, -0.05) is 6.92 Å². The Labute approximate surface area is 61.2 Å². The Hall–Kier alpha value is -0.530. The van der Waals surface area contributed by atoms with E-state index in [0.717, 1.165) is 18.9 Å². The normalized spacial score (nSPS) is 34.9. The van der Waals surface area contributed by atoms with E-state index < -0.39 is 0 Å². The Morgan fingerprint density at radius 3 is 2.70 bits per heavy atom. The summed E-state index contributed by atoms with van der Waals surface area (Å²) >= 11 is 0. The van der Waals surface area contributed by atoms with Gasteiger partial charge in [0, 0.05) is 12.1 Å². The lowest BCUT2D eigenvalue weighted by Crippen LogP contribution is -2.29. The molecule has 2 nitrogen and oxygen atoms in total. The van der Waals surface area contributed by atoms with Crippen molar-refractivity contribution in [2.75, 3.05) is 6.54 Å². The first-order valence-electron chi connectivity index (χ1n) is 3.99. The molecule has 10 heavy (non-hydrogen) atoms. The third kappa shape index (κ3) is 0.678. The molecule has 1 saturated carbocycles. The summed E-state index contributed by atoms with van der Waals surface area (Å²) < 4.78 is 0. The number of hydrogen-bond donors (Lipinski definition) is 0. The number of nitrogens with zero attached hydrogens (tertiary/aromatic N) is 1. The van der Waals surface area contributed by atoms with Crippen LogP contribution in [0.1, 0.15) is 26.2 Å². The maximum atomic E-state index is 10.5. The van der Waals surface area contributed by atoms with Crippen LogP contribution in [0.15, 0.2) is 0 Å². The van der Waals surface area contributed by atoms with Crippen LogP contribution < -0.4 is 0 Å². The summed E-state index contributed by atoms with van der Waals surface area (Å²) in [7, 11) is 0. The zero-order valence-corrected chi connectivity index (χ0v) is 6.34. The molecular weight excluding hydrogens is 126 g/mol. The molecule has 2 aliphatic rings. The minimum absolute atomic E-state index is 0.348. The van der Waals surface area contributed by atoms with E-state index in [2.05, 4.69) is 6.92 Å². The molecule has 56 valence electrons. The average Bonchev–Trinajstić information content (AvgIpc) is 2.55. The second-order valence-electron chi connectivity index (χ2n) is 3.79. The van der Waals surface area contributed by atoms with Crippen molar-refractivity contribution in [1.29, 1.82) is 0 Å². The number of hydrogen-bond acceptors (Lipinski definition) is 1. The van der Waals surface area contributed by atoms with Gasteiger partial charge in [0.2, 0.25) is 6.41 Å². The van der Waals surface area contributed by atoms with Crippen molar-refractivity contribution < 1.29 is 4.79 Å². The maximum absolute atomic E-state index is 10.5. The number of rotatable bonds is 1. The topological polar surface area (TPSA) is 20.3 Å². The van der Waals surface area contributed by atoms with E-state index in [9.17, 15) is 4.79 Å². The van der Waals surface area contributed by atoms with Gasteiger partial charge in [-0.3, -0.25) is 4.79 Å². The van der Waals surface area contributed by atoms with Crippen molar-refractivity contribution in [3.63, 3.8) is 0 Å². The smallest absolute Gasteiger partial charge is 0.210 e. The van der Waals surface area contributed by atoms with Gasteiger partial charge in [0.1, 0.15) is 0 Å². The van der Waals surface area contributed by atoms with E-state index in [1.165, 1.54) is 19.3 Å². The van der Waals surface area contributed by atoms with Crippen molar-refractivity contribution in [3.05, 3.63) is 0 Å². The van der Waals surface area contributed by atoms with Crippen LogP contribution in [0.2, 0.25) is 0 Å². The summed E-state index contributed by atoms with van der Waals surface area (Å²) in [6.07, 6.45) is 4.76. The van der Waals surface area contributed by atoms with E-state index in [0.29, 0.717) is 5.54 Å². The number of carbonyl (C=O) groups excluding carboxylic acids is 1. The fraction of sp³-hybridized carbons (Fsp3) is 0.875. The van der Waals surface area contributed by atoms with Gasteiger partial charge in [-0.2, -0.15) is 0 Å². The second kappa shape index (κ2) is 1.74. The lowest BCUT2D eigenvalue weighted by atomic mass is 10.1. The highest BCUT2D eigenvalue weighted by atomic mass is 16.1. The molecule has 0 unspecified atom stereocenters. The Kier molecular flexibility index (Phi) is 1.08. The lowest BCUT2D eigenvalue weighted by Gasteiger charge is -2.17. The lowest BCUT2D eigenvalue weighted by molar-refractivity contribution is -0.119. The van der Waals surface area contributed by atoms with Gasteiger partial charge in [-0.05, 0) is 25.2 Å². The molecule has 2 heteroatoms. The van der Waals surface area contributed by atoms with Crippen LogP contribution in [-0.4, -0.2) is 23.4 Å². The SMILES string of the molecule is C[C@H]1CN(C=O)C2(CC2)C1. The zero-order chi connectivity index (χ0) is 7.19. The highest BCUT2D eigenvalue weighted by molar-refractivity contribution is 5.51. The summed E-state index contributed by atoms with van der Waals surface area (Å²) in [4.78, 5) is 12.5. The first kappa shape index (κ1) is 6.20. The minimum Gasteiger partial charge on any atom is -0.339 e. The third-order valence-corrected chi connectivity index (χ3v) is 2.80. The van der Waals surface area contributed by atoms with E-state index in [4.69, 9.17) is 0 Å². The summed E-state index contributed by atoms with van der Waals surface area (Å²) in [5.74, 6) is 0.729. The van der Waals surface area contributed by atoms with Gasteiger partial charge in [-0.25, -0.2) is 0 Å². The van der Waals surface area contributed by atoms with Crippen LogP contribution in [0.3, 0.4) is 0 Å². The minimum atomic E-state index is 0.348. The van der Waals surface area contributed by atoms with Gasteiger partial charge in [0.25, 0.3) is 0 Å². The molecule has 1 atom stereocenters. The Morgan fingerprint density at radius 2 is 2.30 bits per heavy atom. The van der Waals surface area contributed by atoms with Crippen molar-refractivity contribution in [2.24, 2.45) is 5.92 Å². The molecule has 2 rings (SSSR count). The van der Waals surface area contributed by atoms with Crippen LogP contribution in [-0.2, 0) is 4.79 Å². The van der Waals surface area contributed by atoms with E-state index in [1.54, 1.807) is 0 Å². The molecule has 1 aliphatic heterocycles. The molecule has 0 N–H and O–H groups in total. The highest BCUT2D eigenvalue weighted by Crippen LogP contribution is 2.50. The van der Waals surface area contributed by atoms with E-state index >= 15 is 0 Å². The first-order valence-corrected chi connectivity index (χ1v) is 3.99. The predicted molar refractivity (Wildman–Crippen MR) is 38.5 cm³/mol. The molecule has 0 aromatic heterocycles. The van der Waals surface area contributed by atoms with Crippen molar-refractivity contribution >= 4 is 6.41 Å². The largest absolute Gasteiger partial charge is 0.339 e. The Balaban J connectivity index is 2.13. The van der Waals surface area contributed by atoms with Crippen molar-refractivity contribution in [1.82, 2.24) is 4.90 Å². The first-order chi connectivity index (χ1) is 4.77. The number of likely N-dealkylation sites (tertiary alicyclic amines) is 1. The number of carbonyl (C=O) groups is 1. The van der Waals surface area contributed by atoms with Crippen LogP contribution >= 0.6 is 0 Å². The molecular formula is C8H13NO. The monoisotopic (exact) mass is 139 g/mol. The molecule has 0 radical (unpaired) electrons. The number of amides is 1. The van der Waals surface area contributed by atoms with Crippen LogP contribution in [0.25, 0.3) is 0 Å². The zero-order valence-electron chi connectivity index (χ0n) is 6.34. The third-order valence-electron chi connectivity index (χ3n) is 2.80. The highest BCUT2D eigenvalue weighted by Gasteiger charge is 2.52. The van der Waals surface area contributed by atoms with Gasteiger partial charge in [0.15, 0.2) is 0 Å². The molecule has 2 fully saturated rings. The quantitative estimate of drug-likeness (QED) is 0.497. The Bertz CT molecular complexity index is 163. The fourth-order valence-corrected chi connectivity index (χ4v) is 2.15. The fourth-order valence-electron chi connectivity index (χ4n) is 2.15. The molecule has 0 aromatic carbocycles. The van der Waals surface area contributed by atoms with E-state index in [-0.39, 0.29) is 0 Å². The van der Waals surface area contributed by atoms with Gasteiger partial charge >= 0.3 is 0 Å². The van der Waals surface area contributed by atoms with E-state index in [1.807, 2.05) is 4.90 Å². The molecule has 0 bridgehead atoms. The van der Waals surface area contributed by atoms with Gasteiger partial charge < -0.3 is 4.90 Å². The summed E-state index contributed by atoms with van der Waals surface area (Å²) in [6.45, 7) is 3.22. The molecule has 1 saturated heterocycles. The summed E-state index contributed by atoms with van der Waals surface area (Å²) in [5.41, 5.74) is 0.348. The predicted octanol–water partition coefficient (Wildman–Crippen LogP) is 1.02. The Morgan fingerprint density at radius 1 is 1.60 bits per heavy atom. The maximum Gasteiger partial charge on any atom is 0.210 e. The standard InChI is InChI=1S/C8H13NO/c1-7-4-8(2-3-8)9(5-7)6-10/h6-7H,2-5H2,1H3/t7-/m1/s1. The van der Waals surface area contributed by atoms with Crippen molar-refractivity contribution in [2.45, 2.75) is 31.7 Å². The molecule has 1 amide bonds. The summed E-state index contributed by atoms with van der Waals surface area (Å²) in [6, 6.07) is 0. The molecule has 1 heterocycles. The molecule has 0 aromatic rings. The molecule has 1 spiro atoms. The van der Waals surface area contributed by atoms with Crippen molar-refractivity contribution in [3.8, 4) is 0 Å². The summed E-state index contributed by atoms with van der Waals surface area (Å²) in [5, 5.41) is 0.